The maximum Gasteiger partial charge on any atom is 0.224 e. The molecule has 3 heteroatoms. The highest BCUT2D eigenvalue weighted by molar-refractivity contribution is 5.90. The van der Waals surface area contributed by atoms with Crippen molar-refractivity contribution in [2.24, 2.45) is 17.8 Å². The lowest BCUT2D eigenvalue weighted by Crippen LogP contribution is -2.20. The molecule has 1 aromatic rings. The van der Waals surface area contributed by atoms with E-state index in [2.05, 4.69) is 5.32 Å². The molecule has 102 valence electrons. The minimum Gasteiger partial charge on any atom is -0.392 e. The monoisotopic (exact) mass is 259 g/mol. The summed E-state index contributed by atoms with van der Waals surface area (Å²) in [5.74, 6) is 2.40. The number of hydrogen-bond acceptors (Lipinski definition) is 2. The van der Waals surface area contributed by atoms with E-state index in [1.54, 1.807) is 0 Å². The number of carbonyl (C=O) groups is 1. The van der Waals surface area contributed by atoms with Crippen LogP contribution in [-0.2, 0) is 11.4 Å². The molecule has 3 nitrogen and oxygen atoms in total. The summed E-state index contributed by atoms with van der Waals surface area (Å²) in [6, 6.07) is 7.42. The van der Waals surface area contributed by atoms with Crippen LogP contribution in [0.15, 0.2) is 24.3 Å². The molecule has 0 radical (unpaired) electrons. The summed E-state index contributed by atoms with van der Waals surface area (Å²) in [5.41, 5.74) is 1.62. The van der Waals surface area contributed by atoms with Crippen LogP contribution in [-0.4, -0.2) is 11.0 Å². The molecule has 0 aromatic heterocycles. The molecule has 3 atom stereocenters. The first-order chi connectivity index (χ1) is 9.24. The van der Waals surface area contributed by atoms with Gasteiger partial charge in [-0.2, -0.15) is 0 Å². The first-order valence-corrected chi connectivity index (χ1v) is 7.24. The van der Waals surface area contributed by atoms with Crippen molar-refractivity contribution in [2.75, 3.05) is 5.32 Å². The van der Waals surface area contributed by atoms with E-state index in [1.165, 1.54) is 25.7 Å². The highest BCUT2D eigenvalue weighted by atomic mass is 16.3. The van der Waals surface area contributed by atoms with Gasteiger partial charge < -0.3 is 10.4 Å². The lowest BCUT2D eigenvalue weighted by atomic mass is 9.86. The Bertz CT molecular complexity index is 472. The van der Waals surface area contributed by atoms with Crippen LogP contribution in [0, 0.1) is 17.8 Å². The molecule has 0 heterocycles. The second kappa shape index (κ2) is 5.33. The van der Waals surface area contributed by atoms with Gasteiger partial charge in [-0.15, -0.1) is 0 Å². The van der Waals surface area contributed by atoms with E-state index in [4.69, 9.17) is 5.11 Å². The minimum atomic E-state index is 0.0100. The summed E-state index contributed by atoms with van der Waals surface area (Å²) in [7, 11) is 0. The van der Waals surface area contributed by atoms with Gasteiger partial charge in [0.25, 0.3) is 0 Å². The van der Waals surface area contributed by atoms with Gasteiger partial charge in [0.2, 0.25) is 5.91 Å². The molecule has 2 saturated carbocycles. The van der Waals surface area contributed by atoms with Crippen molar-refractivity contribution in [1.82, 2.24) is 0 Å². The smallest absolute Gasteiger partial charge is 0.224 e. The van der Waals surface area contributed by atoms with Crippen molar-refractivity contribution >= 4 is 11.6 Å². The van der Waals surface area contributed by atoms with Crippen LogP contribution in [0.1, 0.15) is 37.7 Å². The van der Waals surface area contributed by atoms with Gasteiger partial charge in [-0.25, -0.2) is 0 Å². The molecule has 19 heavy (non-hydrogen) atoms. The molecule has 0 unspecified atom stereocenters. The van der Waals surface area contributed by atoms with Crippen LogP contribution in [0.25, 0.3) is 0 Å². The second-order valence-corrected chi connectivity index (χ2v) is 6.05. The molecule has 3 rings (SSSR count). The molecular formula is C16H21NO2. The summed E-state index contributed by atoms with van der Waals surface area (Å²) in [6.45, 7) is 0.0100. The molecule has 2 N–H and O–H groups in total. The predicted octanol–water partition coefficient (Wildman–Crippen LogP) is 2.94. The Morgan fingerprint density at radius 1 is 1.32 bits per heavy atom. The summed E-state index contributed by atoms with van der Waals surface area (Å²) >= 11 is 0. The van der Waals surface area contributed by atoms with E-state index < -0.39 is 0 Å². The van der Waals surface area contributed by atoms with Gasteiger partial charge in [-0.05, 0) is 54.7 Å². The Morgan fingerprint density at radius 2 is 2.21 bits per heavy atom. The SMILES string of the molecule is O=C(C[C@H]1C[C@@H]2CC[C@@H]1C2)Nc1cccc(CO)c1. The van der Waals surface area contributed by atoms with Gasteiger partial charge in [0.15, 0.2) is 0 Å². The van der Waals surface area contributed by atoms with Crippen LogP contribution in [0.2, 0.25) is 0 Å². The topological polar surface area (TPSA) is 49.3 Å². The first-order valence-electron chi connectivity index (χ1n) is 7.24. The van der Waals surface area contributed by atoms with Crippen molar-refractivity contribution in [3.8, 4) is 0 Å². The average molecular weight is 259 g/mol. The molecule has 2 fully saturated rings. The lowest BCUT2D eigenvalue weighted by Gasteiger charge is -2.20. The Hall–Kier alpha value is -1.35. The number of carbonyl (C=O) groups excluding carboxylic acids is 1. The van der Waals surface area contributed by atoms with E-state index >= 15 is 0 Å². The largest absolute Gasteiger partial charge is 0.392 e. The Morgan fingerprint density at radius 3 is 2.89 bits per heavy atom. The molecular weight excluding hydrogens is 238 g/mol. The average Bonchev–Trinajstić information content (AvgIpc) is 3.01. The Kier molecular flexibility index (Phi) is 3.56. The Labute approximate surface area is 114 Å². The highest BCUT2D eigenvalue weighted by Gasteiger charge is 2.40. The summed E-state index contributed by atoms with van der Waals surface area (Å²) in [5, 5.41) is 12.0. The molecule has 1 amide bonds. The van der Waals surface area contributed by atoms with Crippen molar-refractivity contribution in [3.63, 3.8) is 0 Å². The van der Waals surface area contributed by atoms with Crippen LogP contribution in [0.5, 0.6) is 0 Å². The number of amides is 1. The third-order valence-corrected chi connectivity index (χ3v) is 4.73. The number of nitrogens with one attached hydrogen (secondary N) is 1. The van der Waals surface area contributed by atoms with Crippen LogP contribution in [0.3, 0.4) is 0 Å². The van der Waals surface area contributed by atoms with E-state index in [0.29, 0.717) is 12.3 Å². The number of aliphatic hydroxyl groups is 1. The van der Waals surface area contributed by atoms with E-state index in [9.17, 15) is 4.79 Å². The molecule has 1 aromatic carbocycles. The highest BCUT2D eigenvalue weighted by Crippen LogP contribution is 2.49. The van der Waals surface area contributed by atoms with E-state index in [1.807, 2.05) is 24.3 Å². The van der Waals surface area contributed by atoms with Crippen molar-refractivity contribution in [1.29, 1.82) is 0 Å². The lowest BCUT2D eigenvalue weighted by molar-refractivity contribution is -0.117. The molecule has 2 aliphatic rings. The number of fused-ring (bicyclic) bond motifs is 2. The summed E-state index contributed by atoms with van der Waals surface area (Å²) in [4.78, 5) is 12.1. The van der Waals surface area contributed by atoms with Gasteiger partial charge in [-0.3, -0.25) is 4.79 Å². The third kappa shape index (κ3) is 2.81. The fourth-order valence-electron chi connectivity index (χ4n) is 3.82. The summed E-state index contributed by atoms with van der Waals surface area (Å²) < 4.78 is 0. The van der Waals surface area contributed by atoms with Crippen molar-refractivity contribution in [3.05, 3.63) is 29.8 Å². The third-order valence-electron chi connectivity index (χ3n) is 4.73. The molecule has 2 bridgehead atoms. The quantitative estimate of drug-likeness (QED) is 0.873. The number of rotatable bonds is 4. The maximum absolute atomic E-state index is 12.1. The normalized spacial score (nSPS) is 28.6. The van der Waals surface area contributed by atoms with Crippen molar-refractivity contribution in [2.45, 2.75) is 38.7 Å². The second-order valence-electron chi connectivity index (χ2n) is 6.05. The summed E-state index contributed by atoms with van der Waals surface area (Å²) in [6.07, 6.45) is 5.95. The first kappa shape index (κ1) is 12.7. The number of benzene rings is 1. The minimum absolute atomic E-state index is 0.0100. The van der Waals surface area contributed by atoms with Gasteiger partial charge in [-0.1, -0.05) is 18.6 Å². The standard InChI is InChI=1S/C16H21NO2/c18-10-12-2-1-3-15(8-12)17-16(19)9-14-7-11-4-5-13(14)6-11/h1-3,8,11,13-14,18H,4-7,9-10H2,(H,17,19)/t11-,13-,14-/m1/s1. The van der Waals surface area contributed by atoms with Gasteiger partial charge in [0.05, 0.1) is 6.61 Å². The molecule has 2 aliphatic carbocycles. The maximum atomic E-state index is 12.1. The van der Waals surface area contributed by atoms with Gasteiger partial charge in [0, 0.05) is 12.1 Å². The zero-order chi connectivity index (χ0) is 13.2. The van der Waals surface area contributed by atoms with Crippen molar-refractivity contribution < 1.29 is 9.90 Å². The zero-order valence-corrected chi connectivity index (χ0v) is 11.1. The van der Waals surface area contributed by atoms with Gasteiger partial charge >= 0.3 is 0 Å². The van der Waals surface area contributed by atoms with Gasteiger partial charge in [0.1, 0.15) is 0 Å². The molecule has 0 saturated heterocycles. The zero-order valence-electron chi connectivity index (χ0n) is 11.1. The Balaban J connectivity index is 1.56. The number of anilines is 1. The predicted molar refractivity (Wildman–Crippen MR) is 74.5 cm³/mol. The van der Waals surface area contributed by atoms with E-state index in [0.717, 1.165) is 23.1 Å². The molecule has 0 aliphatic heterocycles. The van der Waals surface area contributed by atoms with Crippen LogP contribution >= 0.6 is 0 Å². The fourth-order valence-corrected chi connectivity index (χ4v) is 3.82. The fraction of sp³-hybridized carbons (Fsp3) is 0.562. The van der Waals surface area contributed by atoms with Crippen LogP contribution in [0.4, 0.5) is 5.69 Å². The number of aliphatic hydroxyl groups excluding tert-OH is 1. The van der Waals surface area contributed by atoms with Crippen LogP contribution < -0.4 is 5.32 Å². The molecule has 0 spiro atoms. The van der Waals surface area contributed by atoms with E-state index in [-0.39, 0.29) is 12.5 Å². The number of hydrogen-bond donors (Lipinski definition) is 2.